The number of aryl methyl sites for hydroxylation is 1. The third-order valence-electron chi connectivity index (χ3n) is 3.02. The van der Waals surface area contributed by atoms with Crippen LogP contribution in [0.2, 0.25) is 5.02 Å². The summed E-state index contributed by atoms with van der Waals surface area (Å²) in [6.07, 6.45) is 2.72. The smallest absolute Gasteiger partial charge is 0.219 e. The zero-order chi connectivity index (χ0) is 15.2. The molecular formula is C16H18BrClN2O. The molecule has 0 spiro atoms. The topological polar surface area (TPSA) is 34.1 Å². The van der Waals surface area contributed by atoms with Crippen LogP contribution in [0.5, 0.6) is 11.6 Å². The van der Waals surface area contributed by atoms with Crippen LogP contribution in [0.15, 0.2) is 34.9 Å². The Morgan fingerprint density at radius 1 is 1.33 bits per heavy atom. The van der Waals surface area contributed by atoms with Crippen LogP contribution < -0.4 is 10.1 Å². The number of nitrogens with zero attached hydrogens (tertiary/aromatic N) is 1. The van der Waals surface area contributed by atoms with Gasteiger partial charge in [-0.3, -0.25) is 0 Å². The molecule has 2 aromatic rings. The van der Waals surface area contributed by atoms with Crippen LogP contribution in [0.1, 0.15) is 24.5 Å². The third kappa shape index (κ3) is 4.70. The van der Waals surface area contributed by atoms with E-state index in [1.165, 1.54) is 0 Å². The van der Waals surface area contributed by atoms with Gasteiger partial charge in [-0.1, -0.05) is 40.5 Å². The molecule has 0 radical (unpaired) electrons. The lowest BCUT2D eigenvalue weighted by Gasteiger charge is -2.11. The molecule has 21 heavy (non-hydrogen) atoms. The summed E-state index contributed by atoms with van der Waals surface area (Å²) in [5.41, 5.74) is 2.04. The van der Waals surface area contributed by atoms with Gasteiger partial charge in [-0.2, -0.15) is 0 Å². The average Bonchev–Trinajstić information content (AvgIpc) is 2.46. The van der Waals surface area contributed by atoms with Gasteiger partial charge >= 0.3 is 0 Å². The number of nitrogens with one attached hydrogen (secondary N) is 1. The quantitative estimate of drug-likeness (QED) is 0.719. The van der Waals surface area contributed by atoms with Crippen LogP contribution in [0.25, 0.3) is 0 Å². The molecule has 1 heterocycles. The number of hydrogen-bond donors (Lipinski definition) is 1. The highest BCUT2D eigenvalue weighted by Crippen LogP contribution is 2.28. The van der Waals surface area contributed by atoms with E-state index in [2.05, 4.69) is 33.2 Å². The van der Waals surface area contributed by atoms with Gasteiger partial charge in [-0.15, -0.1) is 0 Å². The van der Waals surface area contributed by atoms with Gasteiger partial charge in [-0.25, -0.2) is 4.98 Å². The highest BCUT2D eigenvalue weighted by molar-refractivity contribution is 9.10. The van der Waals surface area contributed by atoms with E-state index < -0.39 is 0 Å². The van der Waals surface area contributed by atoms with Crippen molar-refractivity contribution in [1.29, 1.82) is 0 Å². The molecule has 3 nitrogen and oxygen atoms in total. The maximum atomic E-state index is 6.17. The second-order valence-corrected chi connectivity index (χ2v) is 6.13. The van der Waals surface area contributed by atoms with E-state index in [-0.39, 0.29) is 0 Å². The Morgan fingerprint density at radius 3 is 2.90 bits per heavy atom. The minimum absolute atomic E-state index is 0.550. The molecular weight excluding hydrogens is 352 g/mol. The highest BCUT2D eigenvalue weighted by atomic mass is 79.9. The predicted octanol–water partition coefficient (Wildman–Crippen LogP) is 5.10. The van der Waals surface area contributed by atoms with Crippen molar-refractivity contribution in [2.24, 2.45) is 0 Å². The minimum Gasteiger partial charge on any atom is -0.439 e. The molecule has 0 fully saturated rings. The molecule has 0 unspecified atom stereocenters. The van der Waals surface area contributed by atoms with E-state index in [9.17, 15) is 0 Å². The molecule has 0 saturated carbocycles. The van der Waals surface area contributed by atoms with Crippen LogP contribution in [-0.2, 0) is 6.54 Å². The maximum absolute atomic E-state index is 6.17. The van der Waals surface area contributed by atoms with E-state index in [4.69, 9.17) is 16.3 Å². The SMILES string of the molecule is CCCNCc1cc(Oc2cc(Br)ccc2C)ncc1Cl. The fraction of sp³-hybridized carbons (Fsp3) is 0.312. The minimum atomic E-state index is 0.550. The standard InChI is InChI=1S/C16H18BrClN2O/c1-3-6-19-9-12-7-16(20-10-14(12)18)21-15-8-13(17)5-4-11(15)2/h4-5,7-8,10,19H,3,6,9H2,1-2H3. The Morgan fingerprint density at radius 2 is 2.14 bits per heavy atom. The largest absolute Gasteiger partial charge is 0.439 e. The molecule has 0 aliphatic rings. The summed E-state index contributed by atoms with van der Waals surface area (Å²) >= 11 is 9.62. The van der Waals surface area contributed by atoms with Crippen LogP contribution in [0, 0.1) is 6.92 Å². The Bertz CT molecular complexity index is 619. The molecule has 1 aromatic carbocycles. The molecule has 112 valence electrons. The van der Waals surface area contributed by atoms with Crippen molar-refractivity contribution in [3.05, 3.63) is 51.1 Å². The number of halogens is 2. The zero-order valence-corrected chi connectivity index (χ0v) is 14.5. The van der Waals surface area contributed by atoms with Crippen molar-refractivity contribution in [3.63, 3.8) is 0 Å². The van der Waals surface area contributed by atoms with E-state index in [1.54, 1.807) is 6.20 Å². The summed E-state index contributed by atoms with van der Waals surface area (Å²) in [5.74, 6) is 1.33. The summed E-state index contributed by atoms with van der Waals surface area (Å²) < 4.78 is 6.84. The van der Waals surface area contributed by atoms with Gasteiger partial charge in [-0.05, 0) is 43.1 Å². The van der Waals surface area contributed by atoms with Crippen molar-refractivity contribution < 1.29 is 4.74 Å². The van der Waals surface area contributed by atoms with E-state index >= 15 is 0 Å². The first-order valence-corrected chi connectivity index (χ1v) is 8.06. The van der Waals surface area contributed by atoms with Crippen LogP contribution >= 0.6 is 27.5 Å². The fourth-order valence-corrected chi connectivity index (χ4v) is 2.36. The highest BCUT2D eigenvalue weighted by Gasteiger charge is 2.07. The van der Waals surface area contributed by atoms with Gasteiger partial charge in [0, 0.05) is 23.3 Å². The summed E-state index contributed by atoms with van der Waals surface area (Å²) in [6, 6.07) is 7.79. The zero-order valence-electron chi connectivity index (χ0n) is 12.1. The van der Waals surface area contributed by atoms with Gasteiger partial charge in [0.25, 0.3) is 0 Å². The molecule has 2 rings (SSSR count). The van der Waals surface area contributed by atoms with Gasteiger partial charge in [0.05, 0.1) is 5.02 Å². The molecule has 0 aliphatic heterocycles. The molecule has 1 N–H and O–H groups in total. The average molecular weight is 370 g/mol. The first-order valence-electron chi connectivity index (χ1n) is 6.89. The van der Waals surface area contributed by atoms with Crippen LogP contribution in [-0.4, -0.2) is 11.5 Å². The Balaban J connectivity index is 2.16. The van der Waals surface area contributed by atoms with Crippen molar-refractivity contribution >= 4 is 27.5 Å². The molecule has 5 heteroatoms. The van der Waals surface area contributed by atoms with Crippen molar-refractivity contribution in [2.45, 2.75) is 26.8 Å². The lowest BCUT2D eigenvalue weighted by Crippen LogP contribution is -2.14. The van der Waals surface area contributed by atoms with Crippen LogP contribution in [0.4, 0.5) is 0 Å². The lowest BCUT2D eigenvalue weighted by molar-refractivity contribution is 0.458. The number of benzene rings is 1. The lowest BCUT2D eigenvalue weighted by atomic mass is 10.2. The fourth-order valence-electron chi connectivity index (χ4n) is 1.85. The molecule has 0 bridgehead atoms. The third-order valence-corrected chi connectivity index (χ3v) is 3.85. The second kappa shape index (κ2) is 7.78. The van der Waals surface area contributed by atoms with Gasteiger partial charge < -0.3 is 10.1 Å². The summed E-state index contributed by atoms with van der Waals surface area (Å²) in [6.45, 7) is 5.80. The van der Waals surface area contributed by atoms with Gasteiger partial charge in [0.2, 0.25) is 5.88 Å². The second-order valence-electron chi connectivity index (χ2n) is 4.80. The normalized spacial score (nSPS) is 10.7. The first kappa shape index (κ1) is 16.3. The summed E-state index contributed by atoms with van der Waals surface area (Å²) in [5, 5.41) is 3.98. The van der Waals surface area contributed by atoms with Gasteiger partial charge in [0.15, 0.2) is 0 Å². The Labute approximate surface area is 138 Å². The summed E-state index contributed by atoms with van der Waals surface area (Å²) in [7, 11) is 0. The maximum Gasteiger partial charge on any atom is 0.219 e. The van der Waals surface area contributed by atoms with E-state index in [0.717, 1.165) is 34.3 Å². The number of aromatic nitrogens is 1. The van der Waals surface area contributed by atoms with E-state index in [0.29, 0.717) is 17.4 Å². The van der Waals surface area contributed by atoms with Crippen molar-refractivity contribution in [3.8, 4) is 11.6 Å². The van der Waals surface area contributed by atoms with Crippen molar-refractivity contribution in [1.82, 2.24) is 10.3 Å². The molecule has 0 amide bonds. The number of pyridine rings is 1. The molecule has 0 atom stereocenters. The Hall–Kier alpha value is -1.10. The Kier molecular flexibility index (Phi) is 6.03. The molecule has 1 aromatic heterocycles. The van der Waals surface area contributed by atoms with E-state index in [1.807, 2.05) is 31.2 Å². The summed E-state index contributed by atoms with van der Waals surface area (Å²) in [4.78, 5) is 4.24. The number of hydrogen-bond acceptors (Lipinski definition) is 3. The predicted molar refractivity (Wildman–Crippen MR) is 90.2 cm³/mol. The number of rotatable bonds is 6. The monoisotopic (exact) mass is 368 g/mol. The molecule has 0 aliphatic carbocycles. The molecule has 0 saturated heterocycles. The van der Waals surface area contributed by atoms with Crippen LogP contribution in [0.3, 0.4) is 0 Å². The number of ether oxygens (including phenoxy) is 1. The van der Waals surface area contributed by atoms with Crippen molar-refractivity contribution in [2.75, 3.05) is 6.54 Å². The van der Waals surface area contributed by atoms with Gasteiger partial charge in [0.1, 0.15) is 5.75 Å². The first-order chi connectivity index (χ1) is 10.1.